The molecule has 1 aromatic carbocycles. The van der Waals surface area contributed by atoms with Crippen LogP contribution in [0.15, 0.2) is 30.3 Å². The number of benzene rings is 1. The van der Waals surface area contributed by atoms with Crippen LogP contribution in [0.4, 0.5) is 0 Å². The lowest BCUT2D eigenvalue weighted by molar-refractivity contribution is -0.147. The zero-order chi connectivity index (χ0) is 14.5. The van der Waals surface area contributed by atoms with Crippen molar-refractivity contribution in [1.29, 1.82) is 0 Å². The summed E-state index contributed by atoms with van der Waals surface area (Å²) < 4.78 is 0. The van der Waals surface area contributed by atoms with Crippen LogP contribution in [0.5, 0.6) is 0 Å². The molecule has 0 heterocycles. The largest absolute Gasteiger partial charge is 0.481 e. The number of carboxylic acids is 1. The van der Waals surface area contributed by atoms with Crippen molar-refractivity contribution in [3.8, 4) is 0 Å². The van der Waals surface area contributed by atoms with E-state index in [0.717, 1.165) is 13.1 Å². The fourth-order valence-electron chi connectivity index (χ4n) is 1.87. The number of hydrogen-bond acceptors (Lipinski definition) is 2. The van der Waals surface area contributed by atoms with Crippen molar-refractivity contribution in [3.63, 3.8) is 0 Å². The molecule has 0 fully saturated rings. The topological polar surface area (TPSA) is 40.5 Å². The number of aliphatic carboxylic acids is 1. The third-order valence-corrected chi connectivity index (χ3v) is 3.56. The van der Waals surface area contributed by atoms with Gasteiger partial charge < -0.3 is 5.11 Å². The SMILES string of the molecule is CC(C)N(CCC(C)(C)C(=O)O)Cc1ccccc1. The molecular formula is C16H25NO2. The summed E-state index contributed by atoms with van der Waals surface area (Å²) >= 11 is 0. The third-order valence-electron chi connectivity index (χ3n) is 3.56. The summed E-state index contributed by atoms with van der Waals surface area (Å²) in [6.07, 6.45) is 0.660. The van der Waals surface area contributed by atoms with Crippen LogP contribution in [0, 0.1) is 5.41 Å². The molecule has 0 amide bonds. The minimum absolute atomic E-state index is 0.407. The molecule has 0 unspecified atom stereocenters. The van der Waals surface area contributed by atoms with Crippen LogP contribution in [-0.2, 0) is 11.3 Å². The molecule has 0 radical (unpaired) electrons. The van der Waals surface area contributed by atoms with Crippen molar-refractivity contribution in [2.45, 2.75) is 46.7 Å². The lowest BCUT2D eigenvalue weighted by atomic mass is 9.89. The normalized spacial score (nSPS) is 12.1. The average molecular weight is 263 g/mol. The van der Waals surface area contributed by atoms with Gasteiger partial charge in [0, 0.05) is 12.6 Å². The van der Waals surface area contributed by atoms with E-state index >= 15 is 0 Å². The van der Waals surface area contributed by atoms with Gasteiger partial charge in [-0.1, -0.05) is 30.3 Å². The van der Waals surface area contributed by atoms with E-state index in [1.807, 2.05) is 18.2 Å². The average Bonchev–Trinajstić information content (AvgIpc) is 2.35. The second-order valence-corrected chi connectivity index (χ2v) is 5.99. The van der Waals surface area contributed by atoms with Crippen LogP contribution in [0.2, 0.25) is 0 Å². The van der Waals surface area contributed by atoms with E-state index < -0.39 is 11.4 Å². The highest BCUT2D eigenvalue weighted by Crippen LogP contribution is 2.22. The van der Waals surface area contributed by atoms with E-state index in [1.165, 1.54) is 5.56 Å². The summed E-state index contributed by atoms with van der Waals surface area (Å²) in [5, 5.41) is 9.16. The molecule has 0 atom stereocenters. The Bertz CT molecular complexity index is 398. The Kier molecular flexibility index (Phi) is 5.55. The lowest BCUT2D eigenvalue weighted by Gasteiger charge is -2.29. The molecular weight excluding hydrogens is 238 g/mol. The van der Waals surface area contributed by atoms with Crippen molar-refractivity contribution < 1.29 is 9.90 Å². The van der Waals surface area contributed by atoms with E-state index in [-0.39, 0.29) is 0 Å². The van der Waals surface area contributed by atoms with Gasteiger partial charge in [0.2, 0.25) is 0 Å². The number of nitrogens with zero attached hydrogens (tertiary/aromatic N) is 1. The van der Waals surface area contributed by atoms with Gasteiger partial charge in [-0.15, -0.1) is 0 Å². The van der Waals surface area contributed by atoms with Crippen LogP contribution in [0.25, 0.3) is 0 Å². The molecule has 0 bridgehead atoms. The molecule has 1 rings (SSSR count). The number of carbonyl (C=O) groups is 1. The predicted octanol–water partition coefficient (Wildman–Crippen LogP) is 3.40. The van der Waals surface area contributed by atoms with Gasteiger partial charge in [-0.25, -0.2) is 0 Å². The number of carboxylic acid groups (broad SMARTS) is 1. The molecule has 19 heavy (non-hydrogen) atoms. The second kappa shape index (κ2) is 6.71. The zero-order valence-corrected chi connectivity index (χ0v) is 12.4. The van der Waals surface area contributed by atoms with Crippen LogP contribution < -0.4 is 0 Å². The van der Waals surface area contributed by atoms with Crippen LogP contribution in [0.1, 0.15) is 39.7 Å². The summed E-state index contributed by atoms with van der Waals surface area (Å²) in [7, 11) is 0. The highest BCUT2D eigenvalue weighted by atomic mass is 16.4. The Labute approximate surface area is 116 Å². The Hall–Kier alpha value is -1.35. The maximum atomic E-state index is 11.1. The van der Waals surface area contributed by atoms with E-state index in [9.17, 15) is 4.79 Å². The maximum Gasteiger partial charge on any atom is 0.309 e. The van der Waals surface area contributed by atoms with E-state index in [2.05, 4.69) is 30.9 Å². The third kappa shape index (κ3) is 5.03. The summed E-state index contributed by atoms with van der Waals surface area (Å²) in [5.74, 6) is -0.726. The molecule has 1 aromatic rings. The molecule has 3 heteroatoms. The molecule has 0 aliphatic carbocycles. The van der Waals surface area contributed by atoms with Gasteiger partial charge in [0.05, 0.1) is 5.41 Å². The first kappa shape index (κ1) is 15.7. The highest BCUT2D eigenvalue weighted by Gasteiger charge is 2.27. The smallest absolute Gasteiger partial charge is 0.309 e. The minimum Gasteiger partial charge on any atom is -0.481 e. The Morgan fingerprint density at radius 3 is 2.32 bits per heavy atom. The number of rotatable bonds is 7. The molecule has 3 nitrogen and oxygen atoms in total. The summed E-state index contributed by atoms with van der Waals surface area (Å²) in [4.78, 5) is 13.5. The van der Waals surface area contributed by atoms with Gasteiger partial charge in [-0.2, -0.15) is 0 Å². The highest BCUT2D eigenvalue weighted by molar-refractivity contribution is 5.73. The predicted molar refractivity (Wildman–Crippen MR) is 78.0 cm³/mol. The fraction of sp³-hybridized carbons (Fsp3) is 0.562. The molecule has 0 aromatic heterocycles. The molecule has 0 saturated carbocycles. The monoisotopic (exact) mass is 263 g/mol. The molecule has 0 spiro atoms. The van der Waals surface area contributed by atoms with Crippen LogP contribution in [-0.4, -0.2) is 28.6 Å². The van der Waals surface area contributed by atoms with Crippen molar-refractivity contribution in [3.05, 3.63) is 35.9 Å². The van der Waals surface area contributed by atoms with Gasteiger partial charge in [0.15, 0.2) is 0 Å². The first-order valence-electron chi connectivity index (χ1n) is 6.84. The van der Waals surface area contributed by atoms with Crippen LogP contribution in [0.3, 0.4) is 0 Å². The first-order chi connectivity index (χ1) is 8.83. The first-order valence-corrected chi connectivity index (χ1v) is 6.84. The van der Waals surface area contributed by atoms with Gasteiger partial charge in [-0.3, -0.25) is 9.69 Å². The van der Waals surface area contributed by atoms with E-state index in [1.54, 1.807) is 13.8 Å². The molecule has 0 aliphatic heterocycles. The molecule has 0 aliphatic rings. The standard InChI is InChI=1S/C16H25NO2/c1-13(2)17(11-10-16(3,4)15(18)19)12-14-8-6-5-7-9-14/h5-9,13H,10-12H2,1-4H3,(H,18,19). The number of hydrogen-bond donors (Lipinski definition) is 1. The molecule has 0 saturated heterocycles. The van der Waals surface area contributed by atoms with Crippen molar-refractivity contribution in [2.75, 3.05) is 6.54 Å². The van der Waals surface area contributed by atoms with Crippen molar-refractivity contribution in [1.82, 2.24) is 4.90 Å². The maximum absolute atomic E-state index is 11.1. The zero-order valence-electron chi connectivity index (χ0n) is 12.4. The fourth-order valence-corrected chi connectivity index (χ4v) is 1.87. The lowest BCUT2D eigenvalue weighted by Crippen LogP contribution is -2.35. The van der Waals surface area contributed by atoms with Crippen LogP contribution >= 0.6 is 0 Å². The Morgan fingerprint density at radius 1 is 1.26 bits per heavy atom. The van der Waals surface area contributed by atoms with Crippen molar-refractivity contribution in [2.24, 2.45) is 5.41 Å². The minimum atomic E-state index is -0.726. The van der Waals surface area contributed by atoms with Crippen molar-refractivity contribution >= 4 is 5.97 Å². The van der Waals surface area contributed by atoms with Gasteiger partial charge in [0.25, 0.3) is 0 Å². The summed E-state index contributed by atoms with van der Waals surface area (Å²) in [5.41, 5.74) is 0.605. The Balaban J connectivity index is 2.62. The van der Waals surface area contributed by atoms with E-state index in [4.69, 9.17) is 5.11 Å². The second-order valence-electron chi connectivity index (χ2n) is 5.99. The van der Waals surface area contributed by atoms with Gasteiger partial charge in [-0.05, 0) is 46.2 Å². The molecule has 106 valence electrons. The molecule has 1 N–H and O–H groups in total. The van der Waals surface area contributed by atoms with E-state index in [0.29, 0.717) is 12.5 Å². The summed E-state index contributed by atoms with van der Waals surface area (Å²) in [6, 6.07) is 10.7. The summed E-state index contributed by atoms with van der Waals surface area (Å²) in [6.45, 7) is 9.54. The Morgan fingerprint density at radius 2 is 1.84 bits per heavy atom. The van der Waals surface area contributed by atoms with Gasteiger partial charge in [0.1, 0.15) is 0 Å². The van der Waals surface area contributed by atoms with Gasteiger partial charge >= 0.3 is 5.97 Å². The quantitative estimate of drug-likeness (QED) is 0.819.